The van der Waals surface area contributed by atoms with Crippen LogP contribution in [0.15, 0.2) is 24.3 Å². The molecule has 0 aromatic heterocycles. The first kappa shape index (κ1) is 11.0. The number of ketones is 1. The van der Waals surface area contributed by atoms with Crippen LogP contribution in [0.25, 0.3) is 0 Å². The van der Waals surface area contributed by atoms with Crippen LogP contribution in [0, 0.1) is 0 Å². The van der Waals surface area contributed by atoms with Gasteiger partial charge in [0.1, 0.15) is 0 Å². The zero-order valence-corrected chi connectivity index (χ0v) is 9.05. The second-order valence-electron chi connectivity index (χ2n) is 3.58. The van der Waals surface area contributed by atoms with Gasteiger partial charge in [-0.05, 0) is 18.4 Å². The highest BCUT2D eigenvalue weighted by Crippen LogP contribution is 2.13. The van der Waals surface area contributed by atoms with E-state index in [0.29, 0.717) is 6.42 Å². The number of hydrogen-bond donors (Lipinski definition) is 0. The number of carbonyl (C=O) groups excluding carboxylic acids is 1. The minimum absolute atomic E-state index is 0.288. The summed E-state index contributed by atoms with van der Waals surface area (Å²) in [5.74, 6) is 0.288. The zero-order valence-electron chi connectivity index (χ0n) is 9.05. The summed E-state index contributed by atoms with van der Waals surface area (Å²) in [4.78, 5) is 11.7. The van der Waals surface area contributed by atoms with E-state index in [1.807, 2.05) is 25.1 Å². The lowest BCUT2D eigenvalue weighted by Gasteiger charge is -2.06. The molecular formula is C13H18O. The summed E-state index contributed by atoms with van der Waals surface area (Å²) in [6.07, 6.45) is 3.70. The number of hydrogen-bond acceptors (Lipinski definition) is 1. The van der Waals surface area contributed by atoms with Crippen molar-refractivity contribution < 1.29 is 4.79 Å². The smallest absolute Gasteiger partial charge is 0.163 e. The summed E-state index contributed by atoms with van der Waals surface area (Å²) >= 11 is 0. The highest BCUT2D eigenvalue weighted by Gasteiger charge is 2.08. The lowest BCUT2D eigenvalue weighted by Crippen LogP contribution is -2.02. The SMILES string of the molecule is CCCC(=O)c1ccccc1CCC. The van der Waals surface area contributed by atoms with Crippen LogP contribution in [0.4, 0.5) is 0 Å². The molecule has 0 heterocycles. The van der Waals surface area contributed by atoms with Crippen LogP contribution in [-0.4, -0.2) is 5.78 Å². The van der Waals surface area contributed by atoms with Crippen molar-refractivity contribution in [3.8, 4) is 0 Å². The van der Waals surface area contributed by atoms with Crippen molar-refractivity contribution in [1.29, 1.82) is 0 Å². The zero-order chi connectivity index (χ0) is 10.4. The van der Waals surface area contributed by atoms with Crippen LogP contribution in [0.1, 0.15) is 49.0 Å². The van der Waals surface area contributed by atoms with Crippen molar-refractivity contribution in [2.75, 3.05) is 0 Å². The molecule has 0 aliphatic heterocycles. The molecular weight excluding hydrogens is 172 g/mol. The summed E-state index contributed by atoms with van der Waals surface area (Å²) in [5.41, 5.74) is 2.13. The van der Waals surface area contributed by atoms with E-state index in [-0.39, 0.29) is 5.78 Å². The molecule has 1 aromatic rings. The third kappa shape index (κ3) is 2.69. The molecule has 0 aliphatic carbocycles. The fourth-order valence-electron chi connectivity index (χ4n) is 1.64. The van der Waals surface area contributed by atoms with E-state index < -0.39 is 0 Å². The van der Waals surface area contributed by atoms with Gasteiger partial charge in [-0.25, -0.2) is 0 Å². The van der Waals surface area contributed by atoms with Gasteiger partial charge < -0.3 is 0 Å². The van der Waals surface area contributed by atoms with Gasteiger partial charge in [0.05, 0.1) is 0 Å². The second-order valence-corrected chi connectivity index (χ2v) is 3.58. The van der Waals surface area contributed by atoms with Crippen molar-refractivity contribution in [2.24, 2.45) is 0 Å². The van der Waals surface area contributed by atoms with E-state index in [1.165, 1.54) is 5.56 Å². The Labute approximate surface area is 86.1 Å². The highest BCUT2D eigenvalue weighted by molar-refractivity contribution is 5.97. The highest BCUT2D eigenvalue weighted by atomic mass is 16.1. The van der Waals surface area contributed by atoms with Gasteiger partial charge in [0.2, 0.25) is 0 Å². The largest absolute Gasteiger partial charge is 0.294 e. The Morgan fingerprint density at radius 1 is 1.14 bits per heavy atom. The Morgan fingerprint density at radius 3 is 2.50 bits per heavy atom. The van der Waals surface area contributed by atoms with Crippen LogP contribution in [0.3, 0.4) is 0 Å². The molecule has 0 atom stereocenters. The molecule has 0 aliphatic rings. The molecule has 0 saturated carbocycles. The first-order chi connectivity index (χ1) is 6.79. The van der Waals surface area contributed by atoms with Crippen molar-refractivity contribution in [3.05, 3.63) is 35.4 Å². The maximum atomic E-state index is 11.7. The number of carbonyl (C=O) groups is 1. The average molecular weight is 190 g/mol. The van der Waals surface area contributed by atoms with E-state index in [0.717, 1.165) is 24.8 Å². The molecule has 0 saturated heterocycles. The normalized spacial score (nSPS) is 10.1. The van der Waals surface area contributed by atoms with Gasteiger partial charge in [-0.3, -0.25) is 4.79 Å². The molecule has 1 aromatic carbocycles. The van der Waals surface area contributed by atoms with E-state index in [4.69, 9.17) is 0 Å². The molecule has 1 nitrogen and oxygen atoms in total. The van der Waals surface area contributed by atoms with Gasteiger partial charge in [0, 0.05) is 12.0 Å². The van der Waals surface area contributed by atoms with Gasteiger partial charge in [0.25, 0.3) is 0 Å². The molecule has 76 valence electrons. The summed E-state index contributed by atoms with van der Waals surface area (Å²) in [7, 11) is 0. The maximum Gasteiger partial charge on any atom is 0.163 e. The predicted octanol–water partition coefficient (Wildman–Crippen LogP) is 3.62. The van der Waals surface area contributed by atoms with Crippen molar-refractivity contribution in [2.45, 2.75) is 39.5 Å². The molecule has 14 heavy (non-hydrogen) atoms. The minimum atomic E-state index is 0.288. The molecule has 1 rings (SSSR count). The van der Waals surface area contributed by atoms with Crippen LogP contribution in [0.5, 0.6) is 0 Å². The van der Waals surface area contributed by atoms with Crippen LogP contribution >= 0.6 is 0 Å². The van der Waals surface area contributed by atoms with E-state index >= 15 is 0 Å². The quantitative estimate of drug-likeness (QED) is 0.648. The summed E-state index contributed by atoms with van der Waals surface area (Å²) < 4.78 is 0. The predicted molar refractivity (Wildman–Crippen MR) is 59.7 cm³/mol. The number of Topliss-reactive ketones (excluding diaryl/α,β-unsaturated/α-hetero) is 1. The molecule has 0 N–H and O–H groups in total. The Kier molecular flexibility index (Phi) is 4.37. The fraction of sp³-hybridized carbons (Fsp3) is 0.462. The van der Waals surface area contributed by atoms with Crippen molar-refractivity contribution in [3.63, 3.8) is 0 Å². The minimum Gasteiger partial charge on any atom is -0.294 e. The van der Waals surface area contributed by atoms with Gasteiger partial charge in [-0.15, -0.1) is 0 Å². The number of rotatable bonds is 5. The first-order valence-electron chi connectivity index (χ1n) is 5.40. The Balaban J connectivity index is 2.88. The van der Waals surface area contributed by atoms with Crippen LogP contribution in [-0.2, 0) is 6.42 Å². The Morgan fingerprint density at radius 2 is 1.86 bits per heavy atom. The van der Waals surface area contributed by atoms with E-state index in [2.05, 4.69) is 13.0 Å². The Hall–Kier alpha value is -1.11. The van der Waals surface area contributed by atoms with E-state index in [1.54, 1.807) is 0 Å². The molecule has 0 amide bonds. The van der Waals surface area contributed by atoms with Gasteiger partial charge in [-0.2, -0.15) is 0 Å². The Bertz CT molecular complexity index is 302. The van der Waals surface area contributed by atoms with Crippen molar-refractivity contribution in [1.82, 2.24) is 0 Å². The summed E-state index contributed by atoms with van der Waals surface area (Å²) in [5, 5.41) is 0. The van der Waals surface area contributed by atoms with Gasteiger partial charge in [0.15, 0.2) is 5.78 Å². The first-order valence-corrected chi connectivity index (χ1v) is 5.40. The summed E-state index contributed by atoms with van der Waals surface area (Å²) in [6, 6.07) is 7.96. The third-order valence-corrected chi connectivity index (χ3v) is 2.31. The lowest BCUT2D eigenvalue weighted by atomic mass is 9.98. The second kappa shape index (κ2) is 5.58. The number of aryl methyl sites for hydroxylation is 1. The molecule has 0 fully saturated rings. The molecule has 0 bridgehead atoms. The van der Waals surface area contributed by atoms with Gasteiger partial charge in [-0.1, -0.05) is 44.5 Å². The van der Waals surface area contributed by atoms with Crippen molar-refractivity contribution >= 4 is 5.78 Å². The monoisotopic (exact) mass is 190 g/mol. The lowest BCUT2D eigenvalue weighted by molar-refractivity contribution is 0.0981. The molecule has 0 unspecified atom stereocenters. The standard InChI is InChI=1S/C13H18O/c1-3-7-11-9-5-6-10-12(11)13(14)8-4-2/h5-6,9-10H,3-4,7-8H2,1-2H3. The molecule has 0 spiro atoms. The van der Waals surface area contributed by atoms with E-state index in [9.17, 15) is 4.79 Å². The topological polar surface area (TPSA) is 17.1 Å². The number of benzene rings is 1. The maximum absolute atomic E-state index is 11.7. The average Bonchev–Trinajstić information content (AvgIpc) is 2.19. The molecule has 1 heteroatoms. The van der Waals surface area contributed by atoms with Crippen LogP contribution in [0.2, 0.25) is 0 Å². The third-order valence-electron chi connectivity index (χ3n) is 2.31. The summed E-state index contributed by atoms with van der Waals surface area (Å²) in [6.45, 7) is 4.18. The van der Waals surface area contributed by atoms with Crippen LogP contribution < -0.4 is 0 Å². The fourth-order valence-corrected chi connectivity index (χ4v) is 1.64. The molecule has 0 radical (unpaired) electrons. The van der Waals surface area contributed by atoms with Gasteiger partial charge >= 0.3 is 0 Å².